The van der Waals surface area contributed by atoms with Gasteiger partial charge in [-0.05, 0) is 37.6 Å². The van der Waals surface area contributed by atoms with Crippen LogP contribution in [0.25, 0.3) is 0 Å². The van der Waals surface area contributed by atoms with Crippen molar-refractivity contribution in [3.8, 4) is 0 Å². The lowest BCUT2D eigenvalue weighted by atomic mass is 9.71. The summed E-state index contributed by atoms with van der Waals surface area (Å²) >= 11 is 1.94. The molecule has 0 heterocycles. The van der Waals surface area contributed by atoms with Crippen LogP contribution in [-0.4, -0.2) is 35.8 Å². The molecule has 1 fully saturated rings. The molecular weight excluding hydrogens is 218 g/mol. The van der Waals surface area contributed by atoms with Crippen molar-refractivity contribution in [3.63, 3.8) is 0 Å². The van der Waals surface area contributed by atoms with E-state index < -0.39 is 0 Å². The van der Waals surface area contributed by atoms with E-state index >= 15 is 0 Å². The molecule has 1 saturated carbocycles. The smallest absolute Gasteiger partial charge is 0.0521 e. The summed E-state index contributed by atoms with van der Waals surface area (Å²) in [6.07, 6.45) is 3.91. The molecule has 1 aliphatic rings. The van der Waals surface area contributed by atoms with Crippen LogP contribution in [0.15, 0.2) is 0 Å². The molecule has 0 aromatic rings. The Morgan fingerprint density at radius 3 is 2.50 bits per heavy atom. The summed E-state index contributed by atoms with van der Waals surface area (Å²) in [5, 5.41) is 13.0. The Labute approximate surface area is 105 Å². The van der Waals surface area contributed by atoms with E-state index in [4.69, 9.17) is 5.11 Å². The van der Waals surface area contributed by atoms with E-state index in [1.807, 2.05) is 11.8 Å². The van der Waals surface area contributed by atoms with Gasteiger partial charge in [-0.15, -0.1) is 0 Å². The van der Waals surface area contributed by atoms with Crippen molar-refractivity contribution in [2.75, 3.05) is 19.4 Å². The van der Waals surface area contributed by atoms with Gasteiger partial charge in [0.15, 0.2) is 0 Å². The third-order valence-corrected chi connectivity index (χ3v) is 5.18. The molecule has 0 aromatic heterocycles. The monoisotopic (exact) mass is 245 g/mol. The van der Waals surface area contributed by atoms with E-state index in [0.717, 1.165) is 11.7 Å². The minimum Gasteiger partial charge on any atom is -0.396 e. The van der Waals surface area contributed by atoms with Crippen LogP contribution in [0.3, 0.4) is 0 Å². The first-order valence-corrected chi connectivity index (χ1v) is 7.43. The molecule has 3 heteroatoms. The Hall–Kier alpha value is 0.270. The van der Waals surface area contributed by atoms with E-state index in [-0.39, 0.29) is 0 Å². The molecule has 0 radical (unpaired) electrons. The van der Waals surface area contributed by atoms with Gasteiger partial charge in [0.05, 0.1) is 6.61 Å². The molecule has 0 aliphatic heterocycles. The molecule has 2 N–H and O–H groups in total. The van der Waals surface area contributed by atoms with Gasteiger partial charge in [0, 0.05) is 17.0 Å². The number of nitrogens with one attached hydrogen (secondary N) is 1. The van der Waals surface area contributed by atoms with Crippen LogP contribution in [-0.2, 0) is 0 Å². The summed E-state index contributed by atoms with van der Waals surface area (Å²) in [5.74, 6) is 1.70. The number of rotatable bonds is 4. The number of hydrogen-bond acceptors (Lipinski definition) is 3. The average Bonchev–Trinajstić information content (AvgIpc) is 2.24. The molecule has 0 saturated heterocycles. The molecule has 16 heavy (non-hydrogen) atoms. The van der Waals surface area contributed by atoms with Crippen LogP contribution in [0, 0.1) is 11.3 Å². The van der Waals surface area contributed by atoms with Crippen LogP contribution < -0.4 is 5.32 Å². The maximum atomic E-state index is 8.94. The Bertz CT molecular complexity index is 203. The van der Waals surface area contributed by atoms with Crippen LogP contribution in [0.2, 0.25) is 0 Å². The summed E-state index contributed by atoms with van der Waals surface area (Å²) in [7, 11) is 2.06. The van der Waals surface area contributed by atoms with Gasteiger partial charge in [-0.25, -0.2) is 0 Å². The predicted octanol–water partition coefficient (Wildman–Crippen LogP) is 2.51. The minimum atomic E-state index is 0.303. The Kier molecular flexibility index (Phi) is 5.62. The molecule has 3 atom stereocenters. The van der Waals surface area contributed by atoms with Crippen LogP contribution >= 0.6 is 11.8 Å². The predicted molar refractivity (Wildman–Crippen MR) is 73.0 cm³/mol. The molecule has 1 rings (SSSR count). The van der Waals surface area contributed by atoms with Crippen molar-refractivity contribution in [1.29, 1.82) is 0 Å². The number of aliphatic hydroxyl groups excluding tert-OH is 1. The molecule has 1 aliphatic carbocycles. The van der Waals surface area contributed by atoms with Gasteiger partial charge >= 0.3 is 0 Å². The summed E-state index contributed by atoms with van der Waals surface area (Å²) in [5.41, 5.74) is 0.427. The second-order valence-corrected chi connectivity index (χ2v) is 7.25. The van der Waals surface area contributed by atoms with Crippen LogP contribution in [0.4, 0.5) is 0 Å². The highest BCUT2D eigenvalue weighted by molar-refractivity contribution is 7.99. The number of thioether (sulfide) groups is 1. The normalized spacial score (nSPS) is 31.7. The molecule has 3 unspecified atom stereocenters. The van der Waals surface area contributed by atoms with Crippen LogP contribution in [0.1, 0.15) is 40.0 Å². The Balaban J connectivity index is 2.54. The lowest BCUT2D eigenvalue weighted by molar-refractivity contribution is 0.167. The van der Waals surface area contributed by atoms with E-state index in [9.17, 15) is 0 Å². The first kappa shape index (κ1) is 14.3. The first-order chi connectivity index (χ1) is 7.49. The van der Waals surface area contributed by atoms with E-state index in [1.54, 1.807) is 0 Å². The lowest BCUT2D eigenvalue weighted by Gasteiger charge is -2.41. The minimum absolute atomic E-state index is 0.303. The van der Waals surface area contributed by atoms with Crippen molar-refractivity contribution in [3.05, 3.63) is 0 Å². The molecule has 0 spiro atoms. The fraction of sp³-hybridized carbons (Fsp3) is 1.00. The second-order valence-electron chi connectivity index (χ2n) is 5.90. The van der Waals surface area contributed by atoms with Gasteiger partial charge in [0.25, 0.3) is 0 Å². The molecular formula is C13H27NOS. The van der Waals surface area contributed by atoms with Crippen molar-refractivity contribution < 1.29 is 5.11 Å². The first-order valence-electron chi connectivity index (χ1n) is 6.38. The van der Waals surface area contributed by atoms with Gasteiger partial charge in [0.2, 0.25) is 0 Å². The second kappa shape index (κ2) is 6.27. The number of hydrogen-bond donors (Lipinski definition) is 2. The Morgan fingerprint density at radius 2 is 2.00 bits per heavy atom. The zero-order valence-electron chi connectivity index (χ0n) is 11.1. The van der Waals surface area contributed by atoms with Gasteiger partial charge in [0.1, 0.15) is 0 Å². The lowest BCUT2D eigenvalue weighted by Crippen LogP contribution is -2.43. The van der Waals surface area contributed by atoms with Gasteiger partial charge in [-0.1, -0.05) is 20.8 Å². The standard InChI is InChI=1S/C13H27NOS/c1-13(2,3)10-5-6-11(14-4)12(9-10)16-8-7-15/h10-12,14-15H,5-9H2,1-4H3. The maximum Gasteiger partial charge on any atom is 0.0521 e. The summed E-state index contributed by atoms with van der Waals surface area (Å²) < 4.78 is 0. The highest BCUT2D eigenvalue weighted by Crippen LogP contribution is 2.41. The van der Waals surface area contributed by atoms with Crippen molar-refractivity contribution in [2.24, 2.45) is 11.3 Å². The van der Waals surface area contributed by atoms with Gasteiger partial charge in [-0.3, -0.25) is 0 Å². The maximum absolute atomic E-state index is 8.94. The third kappa shape index (κ3) is 3.94. The van der Waals surface area contributed by atoms with Crippen molar-refractivity contribution in [1.82, 2.24) is 5.32 Å². The van der Waals surface area contributed by atoms with E-state index in [1.165, 1.54) is 19.3 Å². The molecule has 96 valence electrons. The van der Waals surface area contributed by atoms with Crippen molar-refractivity contribution >= 4 is 11.8 Å². The molecule has 0 aromatic carbocycles. The van der Waals surface area contributed by atoms with Crippen molar-refractivity contribution in [2.45, 2.75) is 51.3 Å². The summed E-state index contributed by atoms with van der Waals surface area (Å²) in [6, 6.07) is 0.634. The largest absolute Gasteiger partial charge is 0.396 e. The van der Waals surface area contributed by atoms with Gasteiger partial charge < -0.3 is 10.4 Å². The zero-order valence-corrected chi connectivity index (χ0v) is 11.9. The zero-order chi connectivity index (χ0) is 12.2. The average molecular weight is 245 g/mol. The molecule has 0 amide bonds. The Morgan fingerprint density at radius 1 is 1.31 bits per heavy atom. The highest BCUT2D eigenvalue weighted by atomic mass is 32.2. The van der Waals surface area contributed by atoms with Gasteiger partial charge in [-0.2, -0.15) is 11.8 Å². The molecule has 2 nitrogen and oxygen atoms in total. The quantitative estimate of drug-likeness (QED) is 0.798. The fourth-order valence-electron chi connectivity index (χ4n) is 2.63. The summed E-state index contributed by atoms with van der Waals surface area (Å²) in [6.45, 7) is 7.36. The topological polar surface area (TPSA) is 32.3 Å². The highest BCUT2D eigenvalue weighted by Gasteiger charge is 2.35. The summed E-state index contributed by atoms with van der Waals surface area (Å²) in [4.78, 5) is 0. The number of aliphatic hydroxyl groups is 1. The third-order valence-electron chi connectivity index (χ3n) is 3.81. The molecule has 0 bridgehead atoms. The van der Waals surface area contributed by atoms with E-state index in [0.29, 0.717) is 23.3 Å². The fourth-order valence-corrected chi connectivity index (χ4v) is 3.92. The SMILES string of the molecule is CNC1CCC(C(C)(C)C)CC1SCCO. The van der Waals surface area contributed by atoms with E-state index in [2.05, 4.69) is 33.1 Å². The van der Waals surface area contributed by atoms with Crippen LogP contribution in [0.5, 0.6) is 0 Å².